The molecular formula is C18H19F2NO2. The SMILES string of the molecule is CC(CC(=O)NCC(O)c1ccccc1F)c1ccccc1F. The molecule has 2 aromatic rings. The van der Waals surface area contributed by atoms with Crippen LogP contribution in [0, 0.1) is 11.6 Å². The lowest BCUT2D eigenvalue weighted by Crippen LogP contribution is -2.29. The molecule has 2 atom stereocenters. The Morgan fingerprint density at radius 1 is 1.04 bits per heavy atom. The van der Waals surface area contributed by atoms with Crippen molar-refractivity contribution in [2.24, 2.45) is 0 Å². The van der Waals surface area contributed by atoms with Crippen LogP contribution in [0.25, 0.3) is 0 Å². The molecule has 0 fully saturated rings. The van der Waals surface area contributed by atoms with E-state index in [-0.39, 0.29) is 36.2 Å². The van der Waals surface area contributed by atoms with E-state index in [1.54, 1.807) is 31.2 Å². The fourth-order valence-corrected chi connectivity index (χ4v) is 2.40. The van der Waals surface area contributed by atoms with Gasteiger partial charge >= 0.3 is 0 Å². The normalized spacial score (nSPS) is 13.4. The standard InChI is InChI=1S/C18H19F2NO2/c1-12(13-6-2-4-8-15(13)19)10-18(23)21-11-17(22)14-7-3-5-9-16(14)20/h2-9,12,17,22H,10-11H2,1H3,(H,21,23). The van der Waals surface area contributed by atoms with Crippen molar-refractivity contribution < 1.29 is 18.7 Å². The van der Waals surface area contributed by atoms with Crippen LogP contribution in [-0.2, 0) is 4.79 Å². The number of aliphatic hydroxyl groups excluding tert-OH is 1. The molecule has 0 bridgehead atoms. The van der Waals surface area contributed by atoms with E-state index in [0.717, 1.165) is 0 Å². The maximum Gasteiger partial charge on any atom is 0.220 e. The molecule has 0 saturated carbocycles. The fourth-order valence-electron chi connectivity index (χ4n) is 2.40. The highest BCUT2D eigenvalue weighted by Gasteiger charge is 2.17. The summed E-state index contributed by atoms with van der Waals surface area (Å²) in [6.45, 7) is 1.66. The van der Waals surface area contributed by atoms with E-state index >= 15 is 0 Å². The van der Waals surface area contributed by atoms with Crippen LogP contribution in [0.15, 0.2) is 48.5 Å². The molecule has 0 radical (unpaired) electrons. The summed E-state index contributed by atoms with van der Waals surface area (Å²) in [6.07, 6.45) is -1.03. The molecule has 23 heavy (non-hydrogen) atoms. The van der Waals surface area contributed by atoms with Crippen molar-refractivity contribution in [2.75, 3.05) is 6.54 Å². The molecule has 2 aromatic carbocycles. The van der Waals surface area contributed by atoms with Crippen LogP contribution in [-0.4, -0.2) is 17.6 Å². The first-order valence-corrected chi connectivity index (χ1v) is 7.42. The summed E-state index contributed by atoms with van der Waals surface area (Å²) in [7, 11) is 0. The number of carbonyl (C=O) groups excluding carboxylic acids is 1. The Morgan fingerprint density at radius 2 is 1.57 bits per heavy atom. The molecule has 0 saturated heterocycles. The first-order valence-electron chi connectivity index (χ1n) is 7.42. The number of aliphatic hydroxyl groups is 1. The minimum Gasteiger partial charge on any atom is -0.386 e. The largest absolute Gasteiger partial charge is 0.386 e. The zero-order valence-electron chi connectivity index (χ0n) is 12.8. The van der Waals surface area contributed by atoms with E-state index in [4.69, 9.17) is 0 Å². The number of hydrogen-bond donors (Lipinski definition) is 2. The highest BCUT2D eigenvalue weighted by atomic mass is 19.1. The van der Waals surface area contributed by atoms with Crippen LogP contribution in [0.2, 0.25) is 0 Å². The zero-order valence-corrected chi connectivity index (χ0v) is 12.8. The Kier molecular flexibility index (Phi) is 5.82. The number of benzene rings is 2. The van der Waals surface area contributed by atoms with E-state index in [2.05, 4.69) is 5.32 Å². The molecule has 0 spiro atoms. The highest BCUT2D eigenvalue weighted by molar-refractivity contribution is 5.76. The second kappa shape index (κ2) is 7.83. The molecule has 3 nitrogen and oxygen atoms in total. The Balaban J connectivity index is 1.88. The minimum atomic E-state index is -1.12. The topological polar surface area (TPSA) is 49.3 Å². The molecule has 5 heteroatoms. The number of nitrogens with one attached hydrogen (secondary N) is 1. The fraction of sp³-hybridized carbons (Fsp3) is 0.278. The number of rotatable bonds is 6. The number of halogens is 2. The summed E-state index contributed by atoms with van der Waals surface area (Å²) in [5, 5.41) is 12.5. The van der Waals surface area contributed by atoms with E-state index < -0.39 is 11.9 Å². The average Bonchev–Trinajstić information content (AvgIpc) is 2.53. The maximum atomic E-state index is 13.7. The van der Waals surface area contributed by atoms with E-state index in [0.29, 0.717) is 5.56 Å². The first-order chi connectivity index (χ1) is 11.0. The predicted octanol–water partition coefficient (Wildman–Crippen LogP) is 3.31. The summed E-state index contributed by atoms with van der Waals surface area (Å²) in [4.78, 5) is 11.9. The molecule has 0 aromatic heterocycles. The monoisotopic (exact) mass is 319 g/mol. The van der Waals surface area contributed by atoms with Gasteiger partial charge in [0, 0.05) is 18.5 Å². The summed E-state index contributed by atoms with van der Waals surface area (Å²) >= 11 is 0. The third kappa shape index (κ3) is 4.60. The Bertz CT molecular complexity index is 676. The van der Waals surface area contributed by atoms with Crippen molar-refractivity contribution in [3.63, 3.8) is 0 Å². The van der Waals surface area contributed by atoms with Gasteiger partial charge in [-0.05, 0) is 23.6 Å². The molecule has 1 amide bonds. The Hall–Kier alpha value is -2.27. The third-order valence-electron chi connectivity index (χ3n) is 3.68. The van der Waals surface area contributed by atoms with Crippen LogP contribution < -0.4 is 5.32 Å². The van der Waals surface area contributed by atoms with Crippen LogP contribution >= 0.6 is 0 Å². The van der Waals surface area contributed by atoms with Gasteiger partial charge in [-0.15, -0.1) is 0 Å². The van der Waals surface area contributed by atoms with Gasteiger partial charge in [-0.2, -0.15) is 0 Å². The first kappa shape index (κ1) is 17.1. The summed E-state index contributed by atoms with van der Waals surface area (Å²) in [5.74, 6) is -1.48. The average molecular weight is 319 g/mol. The summed E-state index contributed by atoms with van der Waals surface area (Å²) in [6, 6.07) is 12.2. The van der Waals surface area contributed by atoms with Crippen LogP contribution in [0.4, 0.5) is 8.78 Å². The van der Waals surface area contributed by atoms with Crippen LogP contribution in [0.3, 0.4) is 0 Å². The summed E-state index contributed by atoms with van der Waals surface area (Å²) in [5.41, 5.74) is 0.604. The van der Waals surface area contributed by atoms with Gasteiger partial charge in [-0.25, -0.2) is 8.78 Å². The zero-order chi connectivity index (χ0) is 16.8. The Morgan fingerprint density at radius 3 is 2.13 bits per heavy atom. The van der Waals surface area contributed by atoms with Crippen LogP contribution in [0.1, 0.15) is 36.5 Å². The minimum absolute atomic E-state index is 0.0882. The van der Waals surface area contributed by atoms with Crippen LogP contribution in [0.5, 0.6) is 0 Å². The van der Waals surface area contributed by atoms with Crippen molar-refractivity contribution in [1.29, 1.82) is 0 Å². The van der Waals surface area contributed by atoms with Crippen molar-refractivity contribution in [3.8, 4) is 0 Å². The smallest absolute Gasteiger partial charge is 0.220 e. The van der Waals surface area contributed by atoms with Gasteiger partial charge in [0.2, 0.25) is 5.91 Å². The van der Waals surface area contributed by atoms with Gasteiger partial charge in [-0.1, -0.05) is 43.3 Å². The predicted molar refractivity (Wildman–Crippen MR) is 83.8 cm³/mol. The lowest BCUT2D eigenvalue weighted by atomic mass is 9.97. The second-order valence-corrected chi connectivity index (χ2v) is 5.47. The van der Waals surface area contributed by atoms with Gasteiger partial charge < -0.3 is 10.4 Å². The third-order valence-corrected chi connectivity index (χ3v) is 3.68. The van der Waals surface area contributed by atoms with Crippen molar-refractivity contribution in [2.45, 2.75) is 25.4 Å². The molecule has 0 aliphatic carbocycles. The molecular weight excluding hydrogens is 300 g/mol. The van der Waals surface area contributed by atoms with Gasteiger partial charge in [0.1, 0.15) is 11.6 Å². The molecule has 2 rings (SSSR count). The van der Waals surface area contributed by atoms with Crippen molar-refractivity contribution >= 4 is 5.91 Å². The molecule has 0 heterocycles. The summed E-state index contributed by atoms with van der Waals surface area (Å²) < 4.78 is 27.2. The quantitative estimate of drug-likeness (QED) is 0.858. The highest BCUT2D eigenvalue weighted by Crippen LogP contribution is 2.22. The van der Waals surface area contributed by atoms with Crippen molar-refractivity contribution in [1.82, 2.24) is 5.32 Å². The lowest BCUT2D eigenvalue weighted by Gasteiger charge is -2.15. The Labute approximate surface area is 134 Å². The molecule has 0 aliphatic heterocycles. The van der Waals surface area contributed by atoms with Gasteiger partial charge in [0.25, 0.3) is 0 Å². The number of hydrogen-bond acceptors (Lipinski definition) is 2. The molecule has 0 aliphatic rings. The molecule has 2 unspecified atom stereocenters. The van der Waals surface area contributed by atoms with E-state index in [1.165, 1.54) is 24.3 Å². The van der Waals surface area contributed by atoms with E-state index in [1.807, 2.05) is 0 Å². The van der Waals surface area contributed by atoms with Gasteiger partial charge in [-0.3, -0.25) is 4.79 Å². The van der Waals surface area contributed by atoms with Gasteiger partial charge in [0.15, 0.2) is 0 Å². The number of amides is 1. The lowest BCUT2D eigenvalue weighted by molar-refractivity contribution is -0.121. The number of carbonyl (C=O) groups is 1. The molecule has 2 N–H and O–H groups in total. The maximum absolute atomic E-state index is 13.7. The van der Waals surface area contributed by atoms with E-state index in [9.17, 15) is 18.7 Å². The van der Waals surface area contributed by atoms with Gasteiger partial charge in [0.05, 0.1) is 6.10 Å². The second-order valence-electron chi connectivity index (χ2n) is 5.47. The molecule has 122 valence electrons. The van der Waals surface area contributed by atoms with Crippen molar-refractivity contribution in [3.05, 3.63) is 71.3 Å².